The third kappa shape index (κ3) is 3.72. The van der Waals surface area contributed by atoms with Crippen molar-refractivity contribution < 1.29 is 14.0 Å². The van der Waals surface area contributed by atoms with Gasteiger partial charge in [0, 0.05) is 20.0 Å². The predicted molar refractivity (Wildman–Crippen MR) is 96.8 cm³/mol. The van der Waals surface area contributed by atoms with E-state index < -0.39 is 11.9 Å². The number of carbonyl (C=O) groups excluding carboxylic acids is 2. The van der Waals surface area contributed by atoms with E-state index in [1.165, 1.54) is 22.0 Å². The van der Waals surface area contributed by atoms with E-state index >= 15 is 0 Å². The second-order valence-corrected chi connectivity index (χ2v) is 6.14. The summed E-state index contributed by atoms with van der Waals surface area (Å²) in [4.78, 5) is 26.0. The molecule has 2 amide bonds. The van der Waals surface area contributed by atoms with Gasteiger partial charge < -0.3 is 10.6 Å². The molecule has 1 atom stereocenters. The van der Waals surface area contributed by atoms with Crippen LogP contribution in [0.2, 0.25) is 0 Å². The molecule has 0 saturated carbocycles. The SMILES string of the molecule is CN(Cc1ccc(F)cc1)C(=O)C1=NN(c2ccccc2)C(C(N)=O)C1. The van der Waals surface area contributed by atoms with Crippen molar-refractivity contribution in [3.8, 4) is 0 Å². The van der Waals surface area contributed by atoms with Gasteiger partial charge in [-0.2, -0.15) is 5.10 Å². The highest BCUT2D eigenvalue weighted by Crippen LogP contribution is 2.25. The number of amides is 2. The van der Waals surface area contributed by atoms with Crippen molar-refractivity contribution in [3.63, 3.8) is 0 Å². The molecule has 2 aromatic rings. The summed E-state index contributed by atoms with van der Waals surface area (Å²) in [6, 6.07) is 14.3. The van der Waals surface area contributed by atoms with Gasteiger partial charge in [0.15, 0.2) is 0 Å². The first-order valence-corrected chi connectivity index (χ1v) is 8.16. The van der Waals surface area contributed by atoms with E-state index in [0.29, 0.717) is 12.2 Å². The Balaban J connectivity index is 1.77. The van der Waals surface area contributed by atoms with Crippen molar-refractivity contribution in [2.24, 2.45) is 10.8 Å². The molecular formula is C19H19FN4O2. The van der Waals surface area contributed by atoms with Crippen LogP contribution in [0, 0.1) is 5.82 Å². The lowest BCUT2D eigenvalue weighted by atomic mass is 10.1. The Bertz CT molecular complexity index is 836. The fourth-order valence-corrected chi connectivity index (χ4v) is 2.84. The molecule has 0 fully saturated rings. The number of hydrogen-bond donors (Lipinski definition) is 1. The number of hydrogen-bond acceptors (Lipinski definition) is 4. The van der Waals surface area contributed by atoms with Gasteiger partial charge in [-0.05, 0) is 29.8 Å². The zero-order valence-corrected chi connectivity index (χ0v) is 14.3. The van der Waals surface area contributed by atoms with Gasteiger partial charge in [0.2, 0.25) is 5.91 Å². The number of primary amides is 1. The zero-order valence-electron chi connectivity index (χ0n) is 14.3. The smallest absolute Gasteiger partial charge is 0.270 e. The highest BCUT2D eigenvalue weighted by molar-refractivity contribution is 6.40. The molecule has 1 aliphatic heterocycles. The summed E-state index contributed by atoms with van der Waals surface area (Å²) in [6.07, 6.45) is 0.150. The molecule has 0 spiro atoms. The average Bonchev–Trinajstić information content (AvgIpc) is 3.09. The number of rotatable bonds is 5. The lowest BCUT2D eigenvalue weighted by molar-refractivity contribution is -0.123. The summed E-state index contributed by atoms with van der Waals surface area (Å²) in [5.74, 6) is -1.16. The summed E-state index contributed by atoms with van der Waals surface area (Å²) in [5, 5.41) is 5.82. The highest BCUT2D eigenvalue weighted by atomic mass is 19.1. The molecule has 2 aromatic carbocycles. The summed E-state index contributed by atoms with van der Waals surface area (Å²) >= 11 is 0. The molecule has 0 radical (unpaired) electrons. The average molecular weight is 354 g/mol. The van der Waals surface area contributed by atoms with Crippen molar-refractivity contribution >= 4 is 23.2 Å². The van der Waals surface area contributed by atoms with Gasteiger partial charge in [-0.3, -0.25) is 14.6 Å². The molecule has 7 heteroatoms. The fraction of sp³-hybridized carbons (Fsp3) is 0.211. The number of hydrazone groups is 1. The highest BCUT2D eigenvalue weighted by Gasteiger charge is 2.35. The largest absolute Gasteiger partial charge is 0.368 e. The van der Waals surface area contributed by atoms with Gasteiger partial charge in [0.25, 0.3) is 5.91 Å². The maximum absolute atomic E-state index is 13.0. The van der Waals surface area contributed by atoms with Crippen LogP contribution < -0.4 is 10.7 Å². The van der Waals surface area contributed by atoms with Crippen LogP contribution in [0.3, 0.4) is 0 Å². The summed E-state index contributed by atoms with van der Waals surface area (Å²) in [7, 11) is 1.64. The molecule has 134 valence electrons. The van der Waals surface area contributed by atoms with Gasteiger partial charge in [0.05, 0.1) is 5.69 Å². The van der Waals surface area contributed by atoms with E-state index in [4.69, 9.17) is 5.73 Å². The lowest BCUT2D eigenvalue weighted by Crippen LogP contribution is -2.40. The third-order valence-corrected chi connectivity index (χ3v) is 4.19. The zero-order chi connectivity index (χ0) is 18.7. The summed E-state index contributed by atoms with van der Waals surface area (Å²) in [6.45, 7) is 0.310. The van der Waals surface area contributed by atoms with Gasteiger partial charge in [-0.25, -0.2) is 4.39 Å². The van der Waals surface area contributed by atoms with E-state index in [1.807, 2.05) is 18.2 Å². The minimum Gasteiger partial charge on any atom is -0.368 e. The minimum atomic E-state index is -0.699. The van der Waals surface area contributed by atoms with Crippen LogP contribution in [-0.2, 0) is 16.1 Å². The molecule has 1 heterocycles. The number of anilines is 1. The number of halogens is 1. The quantitative estimate of drug-likeness (QED) is 0.891. The second-order valence-electron chi connectivity index (χ2n) is 6.14. The van der Waals surface area contributed by atoms with Gasteiger partial charge in [-0.15, -0.1) is 0 Å². The second kappa shape index (κ2) is 7.35. The Kier molecular flexibility index (Phi) is 4.97. The molecule has 1 aliphatic rings. The van der Waals surface area contributed by atoms with Crippen LogP contribution in [0.4, 0.5) is 10.1 Å². The van der Waals surface area contributed by atoms with Crippen LogP contribution in [0.25, 0.3) is 0 Å². The van der Waals surface area contributed by atoms with Crippen LogP contribution in [0.15, 0.2) is 59.7 Å². The molecule has 26 heavy (non-hydrogen) atoms. The van der Waals surface area contributed by atoms with Gasteiger partial charge in [-0.1, -0.05) is 30.3 Å². The van der Waals surface area contributed by atoms with Crippen LogP contribution in [-0.4, -0.2) is 35.5 Å². The Morgan fingerprint density at radius 1 is 1.19 bits per heavy atom. The van der Waals surface area contributed by atoms with Crippen molar-refractivity contribution in [1.82, 2.24) is 4.90 Å². The maximum atomic E-state index is 13.0. The monoisotopic (exact) mass is 354 g/mol. The number of para-hydroxylation sites is 1. The molecule has 3 rings (SSSR count). The van der Waals surface area contributed by atoms with Crippen LogP contribution in [0.5, 0.6) is 0 Å². The Morgan fingerprint density at radius 2 is 1.85 bits per heavy atom. The molecule has 2 N–H and O–H groups in total. The summed E-state index contributed by atoms with van der Waals surface area (Å²) in [5.41, 5.74) is 7.25. The van der Waals surface area contributed by atoms with Crippen molar-refractivity contribution in [3.05, 3.63) is 66.0 Å². The lowest BCUT2D eigenvalue weighted by Gasteiger charge is -2.20. The number of benzene rings is 2. The summed E-state index contributed by atoms with van der Waals surface area (Å²) < 4.78 is 13.0. The van der Waals surface area contributed by atoms with E-state index in [9.17, 15) is 14.0 Å². The van der Waals surface area contributed by atoms with Gasteiger partial charge >= 0.3 is 0 Å². The first-order chi connectivity index (χ1) is 12.5. The first kappa shape index (κ1) is 17.6. The van der Waals surface area contributed by atoms with Crippen molar-refractivity contribution in [2.45, 2.75) is 19.0 Å². The van der Waals surface area contributed by atoms with Crippen LogP contribution >= 0.6 is 0 Å². The number of nitrogens with two attached hydrogens (primary N) is 1. The fourth-order valence-electron chi connectivity index (χ4n) is 2.84. The molecule has 0 bridgehead atoms. The predicted octanol–water partition coefficient (Wildman–Crippen LogP) is 1.90. The maximum Gasteiger partial charge on any atom is 0.270 e. The minimum absolute atomic E-state index is 0.150. The first-order valence-electron chi connectivity index (χ1n) is 8.16. The Labute approximate surface area is 150 Å². The number of nitrogens with zero attached hydrogens (tertiary/aromatic N) is 3. The molecule has 0 aliphatic carbocycles. The van der Waals surface area contributed by atoms with Crippen LogP contribution in [0.1, 0.15) is 12.0 Å². The van der Waals surface area contributed by atoms with Crippen molar-refractivity contribution in [1.29, 1.82) is 0 Å². The van der Waals surface area contributed by atoms with E-state index in [1.54, 1.807) is 31.3 Å². The molecule has 0 saturated heterocycles. The van der Waals surface area contributed by atoms with E-state index in [0.717, 1.165) is 5.56 Å². The third-order valence-electron chi connectivity index (χ3n) is 4.19. The molecule has 0 aromatic heterocycles. The van der Waals surface area contributed by atoms with Crippen molar-refractivity contribution in [2.75, 3.05) is 12.1 Å². The topological polar surface area (TPSA) is 79.0 Å². The molecule has 1 unspecified atom stereocenters. The number of carbonyl (C=O) groups is 2. The normalized spacial score (nSPS) is 16.3. The van der Waals surface area contributed by atoms with Gasteiger partial charge in [0.1, 0.15) is 17.6 Å². The Morgan fingerprint density at radius 3 is 2.46 bits per heavy atom. The standard InChI is InChI=1S/C19H19FN4O2/c1-23(12-13-7-9-14(20)10-8-13)19(26)16-11-17(18(21)25)24(22-16)15-5-3-2-4-6-15/h2-10,17H,11-12H2,1H3,(H2,21,25). The Hall–Kier alpha value is -3.22. The molecule has 6 nitrogen and oxygen atoms in total. The van der Waals surface area contributed by atoms with E-state index in [2.05, 4.69) is 5.10 Å². The molecular weight excluding hydrogens is 335 g/mol. The van der Waals surface area contributed by atoms with E-state index in [-0.39, 0.29) is 23.9 Å².